The maximum Gasteiger partial charge on any atom is 0.410 e. The molecule has 0 bridgehead atoms. The van der Waals surface area contributed by atoms with Crippen LogP contribution in [-0.2, 0) is 4.74 Å². The summed E-state index contributed by atoms with van der Waals surface area (Å²) in [6, 6.07) is 0.711. The molecule has 4 nitrogen and oxygen atoms in total. The fourth-order valence-electron chi connectivity index (χ4n) is 3.38. The van der Waals surface area contributed by atoms with Crippen LogP contribution in [0, 0.1) is 5.41 Å². The van der Waals surface area contributed by atoms with Gasteiger partial charge in [-0.2, -0.15) is 0 Å². The van der Waals surface area contributed by atoms with E-state index in [0.29, 0.717) is 11.5 Å². The fourth-order valence-corrected chi connectivity index (χ4v) is 3.38. The molecule has 1 aliphatic carbocycles. The molecule has 1 N–H and O–H groups in total. The molecule has 116 valence electrons. The molecule has 2 rings (SSSR count). The lowest BCUT2D eigenvalue weighted by atomic mass is 9.60. The molecule has 1 aliphatic heterocycles. The number of ether oxygens (including phenoxy) is 1. The summed E-state index contributed by atoms with van der Waals surface area (Å²) < 4.78 is 5.45. The van der Waals surface area contributed by atoms with Crippen LogP contribution in [-0.4, -0.2) is 42.3 Å². The number of likely N-dealkylation sites (tertiary alicyclic amines) is 1. The molecule has 1 amide bonds. The number of carbonyl (C=O) groups is 1. The smallest absolute Gasteiger partial charge is 0.410 e. The van der Waals surface area contributed by atoms with E-state index in [1.165, 1.54) is 19.3 Å². The molecule has 0 unspecified atom stereocenters. The van der Waals surface area contributed by atoms with Crippen molar-refractivity contribution in [3.63, 3.8) is 0 Å². The van der Waals surface area contributed by atoms with E-state index >= 15 is 0 Å². The van der Waals surface area contributed by atoms with Gasteiger partial charge in [-0.1, -0.05) is 6.92 Å². The average molecular weight is 282 g/mol. The van der Waals surface area contributed by atoms with Crippen molar-refractivity contribution in [1.29, 1.82) is 0 Å². The molecule has 2 aliphatic rings. The predicted octanol–water partition coefficient (Wildman–Crippen LogP) is 3.17. The Bertz CT molecular complexity index is 333. The topological polar surface area (TPSA) is 41.6 Å². The number of amides is 1. The maximum atomic E-state index is 12.0. The van der Waals surface area contributed by atoms with E-state index in [4.69, 9.17) is 4.74 Å². The Labute approximate surface area is 123 Å². The van der Waals surface area contributed by atoms with Crippen molar-refractivity contribution in [3.8, 4) is 0 Å². The lowest BCUT2D eigenvalue weighted by molar-refractivity contribution is -0.0161. The summed E-state index contributed by atoms with van der Waals surface area (Å²) in [6.45, 7) is 10.8. The van der Waals surface area contributed by atoms with E-state index in [2.05, 4.69) is 12.2 Å². The first-order chi connectivity index (χ1) is 9.34. The molecule has 0 atom stereocenters. The van der Waals surface area contributed by atoms with Crippen molar-refractivity contribution in [3.05, 3.63) is 0 Å². The number of nitrogens with zero attached hydrogens (tertiary/aromatic N) is 1. The molecule has 2 fully saturated rings. The van der Waals surface area contributed by atoms with Gasteiger partial charge in [0, 0.05) is 19.1 Å². The van der Waals surface area contributed by atoms with E-state index in [0.717, 1.165) is 32.5 Å². The van der Waals surface area contributed by atoms with Crippen molar-refractivity contribution in [2.45, 2.75) is 71.4 Å². The molecule has 0 aromatic heterocycles. The van der Waals surface area contributed by atoms with Crippen molar-refractivity contribution < 1.29 is 9.53 Å². The van der Waals surface area contributed by atoms with Gasteiger partial charge in [-0.05, 0) is 64.8 Å². The second kappa shape index (κ2) is 5.92. The highest BCUT2D eigenvalue weighted by atomic mass is 16.6. The van der Waals surface area contributed by atoms with Gasteiger partial charge < -0.3 is 15.0 Å². The van der Waals surface area contributed by atoms with E-state index in [1.54, 1.807) is 0 Å². The highest BCUT2D eigenvalue weighted by Crippen LogP contribution is 2.49. The molecule has 1 saturated heterocycles. The summed E-state index contributed by atoms with van der Waals surface area (Å²) >= 11 is 0. The molecule has 20 heavy (non-hydrogen) atoms. The van der Waals surface area contributed by atoms with Crippen LogP contribution in [0.4, 0.5) is 4.79 Å². The molecular weight excluding hydrogens is 252 g/mol. The number of piperidine rings is 1. The van der Waals surface area contributed by atoms with Gasteiger partial charge in [-0.25, -0.2) is 4.79 Å². The van der Waals surface area contributed by atoms with Crippen molar-refractivity contribution in [1.82, 2.24) is 10.2 Å². The third kappa shape index (κ3) is 3.87. The molecule has 0 aromatic rings. The molecule has 0 radical (unpaired) electrons. The Balaban J connectivity index is 1.72. The molecule has 4 heteroatoms. The van der Waals surface area contributed by atoms with Gasteiger partial charge in [-0.15, -0.1) is 0 Å². The highest BCUT2D eigenvalue weighted by Gasteiger charge is 2.46. The molecular formula is C16H30N2O2. The van der Waals surface area contributed by atoms with Gasteiger partial charge in [0.05, 0.1) is 0 Å². The number of hydrogen-bond donors (Lipinski definition) is 1. The second-order valence-corrected chi connectivity index (χ2v) is 7.53. The van der Waals surface area contributed by atoms with Gasteiger partial charge in [0.1, 0.15) is 5.60 Å². The van der Waals surface area contributed by atoms with E-state index < -0.39 is 5.60 Å². The molecule has 1 heterocycles. The predicted molar refractivity (Wildman–Crippen MR) is 80.8 cm³/mol. The minimum Gasteiger partial charge on any atom is -0.444 e. The van der Waals surface area contributed by atoms with Crippen molar-refractivity contribution in [2.75, 3.05) is 19.6 Å². The van der Waals surface area contributed by atoms with Crippen LogP contribution < -0.4 is 5.32 Å². The minimum absolute atomic E-state index is 0.146. The number of nitrogens with one attached hydrogen (secondary N) is 1. The first-order valence-electron chi connectivity index (χ1n) is 8.05. The summed E-state index contributed by atoms with van der Waals surface area (Å²) in [5.41, 5.74) is 0.113. The SMILES string of the molecule is CCCNC1CC2(CCN(C(=O)OC(C)(C)C)CC2)C1. The lowest BCUT2D eigenvalue weighted by Crippen LogP contribution is -2.55. The summed E-state index contributed by atoms with van der Waals surface area (Å²) in [4.78, 5) is 13.9. The second-order valence-electron chi connectivity index (χ2n) is 7.53. The van der Waals surface area contributed by atoms with Crippen LogP contribution in [0.3, 0.4) is 0 Å². The van der Waals surface area contributed by atoms with Gasteiger partial charge in [0.2, 0.25) is 0 Å². The number of hydrogen-bond acceptors (Lipinski definition) is 3. The van der Waals surface area contributed by atoms with Crippen molar-refractivity contribution in [2.24, 2.45) is 5.41 Å². The number of carbonyl (C=O) groups excluding carboxylic acids is 1. The van der Waals surface area contributed by atoms with Crippen LogP contribution in [0.1, 0.15) is 59.8 Å². The molecule has 1 spiro atoms. The molecule has 0 aromatic carbocycles. The van der Waals surface area contributed by atoms with Crippen LogP contribution in [0.5, 0.6) is 0 Å². The average Bonchev–Trinajstić information content (AvgIpc) is 2.32. The van der Waals surface area contributed by atoms with Crippen LogP contribution in [0.25, 0.3) is 0 Å². The summed E-state index contributed by atoms with van der Waals surface area (Å²) in [6.07, 6.45) is 5.90. The Morgan fingerprint density at radius 2 is 1.90 bits per heavy atom. The minimum atomic E-state index is -0.391. The third-order valence-electron chi connectivity index (χ3n) is 4.52. The Hall–Kier alpha value is -0.770. The first-order valence-corrected chi connectivity index (χ1v) is 8.05. The number of rotatable bonds is 3. The monoisotopic (exact) mass is 282 g/mol. The van der Waals surface area contributed by atoms with Gasteiger partial charge in [-0.3, -0.25) is 0 Å². The van der Waals surface area contributed by atoms with Crippen LogP contribution in [0.15, 0.2) is 0 Å². The lowest BCUT2D eigenvalue weighted by Gasteiger charge is -2.52. The zero-order chi connectivity index (χ0) is 14.8. The normalized spacial score (nSPS) is 22.7. The van der Waals surface area contributed by atoms with Crippen LogP contribution >= 0.6 is 0 Å². The zero-order valence-corrected chi connectivity index (χ0v) is 13.5. The van der Waals surface area contributed by atoms with Gasteiger partial charge >= 0.3 is 6.09 Å². The van der Waals surface area contributed by atoms with Crippen LogP contribution in [0.2, 0.25) is 0 Å². The van der Waals surface area contributed by atoms with Gasteiger partial charge in [0.25, 0.3) is 0 Å². The maximum absolute atomic E-state index is 12.0. The Morgan fingerprint density at radius 1 is 1.30 bits per heavy atom. The fraction of sp³-hybridized carbons (Fsp3) is 0.938. The van der Waals surface area contributed by atoms with E-state index in [9.17, 15) is 4.79 Å². The Morgan fingerprint density at radius 3 is 2.40 bits per heavy atom. The molecule has 1 saturated carbocycles. The first kappa shape index (κ1) is 15.6. The van der Waals surface area contributed by atoms with Gasteiger partial charge in [0.15, 0.2) is 0 Å². The van der Waals surface area contributed by atoms with Crippen molar-refractivity contribution >= 4 is 6.09 Å². The Kier molecular flexibility index (Phi) is 4.62. The highest BCUT2D eigenvalue weighted by molar-refractivity contribution is 5.68. The summed E-state index contributed by atoms with van der Waals surface area (Å²) in [7, 11) is 0. The van der Waals surface area contributed by atoms with E-state index in [-0.39, 0.29) is 6.09 Å². The summed E-state index contributed by atoms with van der Waals surface area (Å²) in [5, 5.41) is 3.60. The quantitative estimate of drug-likeness (QED) is 0.864. The standard InChI is InChI=1S/C16H30N2O2/c1-5-8-17-13-11-16(12-13)6-9-18(10-7-16)14(19)20-15(2,3)4/h13,17H,5-12H2,1-4H3. The summed E-state index contributed by atoms with van der Waals surface area (Å²) in [5.74, 6) is 0. The zero-order valence-electron chi connectivity index (χ0n) is 13.5. The van der Waals surface area contributed by atoms with E-state index in [1.807, 2.05) is 25.7 Å². The largest absolute Gasteiger partial charge is 0.444 e. The third-order valence-corrected chi connectivity index (χ3v) is 4.52.